The van der Waals surface area contributed by atoms with Crippen LogP contribution in [-0.2, 0) is 9.53 Å². The van der Waals surface area contributed by atoms with Crippen LogP contribution < -0.4 is 0 Å². The van der Waals surface area contributed by atoms with Gasteiger partial charge < -0.3 is 11.2 Å². The number of rotatable bonds is 3. The van der Waals surface area contributed by atoms with Crippen LogP contribution in [0.1, 0.15) is 84.0 Å². The molecule has 0 amide bonds. The Kier molecular flexibility index (Phi) is 6.47. The number of hydrogen-bond acceptors (Lipinski definition) is 2. The molecule has 0 saturated heterocycles. The van der Waals surface area contributed by atoms with Gasteiger partial charge in [-0.2, -0.15) is 12.8 Å². The molecule has 0 unspecified atom stereocenters. The molecule has 0 N–H and O–H groups in total. The first-order chi connectivity index (χ1) is 10.7. The van der Waals surface area contributed by atoms with E-state index in [-0.39, 0.29) is 18.0 Å². The van der Waals surface area contributed by atoms with Crippen LogP contribution in [0, 0.1) is 30.1 Å². The molecule has 0 aliphatic heterocycles. The third-order valence-corrected chi connectivity index (χ3v) is 6.50. The van der Waals surface area contributed by atoms with Crippen molar-refractivity contribution >= 4 is 5.97 Å². The molecule has 0 aromatic rings. The molecule has 3 heteroatoms. The molecule has 2 nitrogen and oxygen atoms in total. The number of hydrogen-bond donors (Lipinski definition) is 0. The molecular weight excluding hydrogens is 539 g/mol. The van der Waals surface area contributed by atoms with Crippen LogP contribution in [-0.4, -0.2) is 12.1 Å². The van der Waals surface area contributed by atoms with Gasteiger partial charge in [0.1, 0.15) is 6.10 Å². The van der Waals surface area contributed by atoms with Crippen molar-refractivity contribution in [3.8, 4) is 0 Å². The number of carbonyl (C=O) groups excluding carboxylic acids is 1. The maximum Gasteiger partial charge on any atom is 0.309 e. The molecule has 3 aliphatic rings. The summed E-state index contributed by atoms with van der Waals surface area (Å²) in [5, 5.41) is 0. The maximum atomic E-state index is 12.4. The van der Waals surface area contributed by atoms with Gasteiger partial charge in [-0.1, -0.05) is 19.8 Å². The molecule has 3 aliphatic carbocycles. The number of esters is 1. The smallest absolute Gasteiger partial charge is 0.309 e. The van der Waals surface area contributed by atoms with Gasteiger partial charge >= 0.3 is 5.97 Å². The van der Waals surface area contributed by atoms with Gasteiger partial charge in [-0.15, -0.1) is 0 Å². The Bertz CT molecular complexity index is 349. The van der Waals surface area contributed by atoms with Crippen molar-refractivity contribution in [2.45, 2.75) is 90.1 Å². The van der Waals surface area contributed by atoms with E-state index in [0.29, 0.717) is 0 Å². The summed E-state index contributed by atoms with van der Waals surface area (Å²) >= 11 is 0. The summed E-state index contributed by atoms with van der Waals surface area (Å²) in [6.45, 7) is 2.31. The Morgan fingerprint density at radius 2 is 1.39 bits per heavy atom. The average molecular weight is 572 g/mol. The fraction of sp³-hybridized carbons (Fsp3) is 0.900. The standard InChI is InChI=1S/C20H33O2.Rf/c1-15-7-13-19(14-8-15)22-20(21)18-11-9-17(10-12-18)16-5-3-2-4-6-16;/h2,15-19H,3-14H2,1H3;/q-1;. The predicted octanol–water partition coefficient (Wildman–Crippen LogP) is 5.31. The van der Waals surface area contributed by atoms with Crippen molar-refractivity contribution in [2.75, 3.05) is 0 Å². The van der Waals surface area contributed by atoms with E-state index in [4.69, 9.17) is 4.74 Å². The van der Waals surface area contributed by atoms with Gasteiger partial charge in [0.25, 0.3) is 0 Å². The summed E-state index contributed by atoms with van der Waals surface area (Å²) in [7, 11) is 0. The molecule has 0 aromatic heterocycles. The summed E-state index contributed by atoms with van der Waals surface area (Å²) in [5.41, 5.74) is 0. The van der Waals surface area contributed by atoms with Crippen LogP contribution >= 0.6 is 0 Å². The fourth-order valence-electron chi connectivity index (χ4n) is 4.86. The van der Waals surface area contributed by atoms with Gasteiger partial charge in [0, 0.05) is 0 Å². The predicted molar refractivity (Wildman–Crippen MR) is 89.2 cm³/mol. The number of ether oxygens (including phenoxy) is 1. The minimum Gasteiger partial charge on any atom is -0.462 e. The molecule has 23 heavy (non-hydrogen) atoms. The zero-order chi connectivity index (χ0) is 15.4. The second-order valence-electron chi connectivity index (χ2n) is 8.13. The van der Waals surface area contributed by atoms with E-state index in [9.17, 15) is 4.79 Å². The molecule has 3 rings (SSSR count). The summed E-state index contributed by atoms with van der Waals surface area (Å²) in [5.74, 6) is 2.95. The van der Waals surface area contributed by atoms with Gasteiger partial charge in [0.05, 0.1) is 5.92 Å². The Balaban J connectivity index is 0.00000192. The normalized spacial score (nSPS) is 36.0. The second kappa shape index (κ2) is 8.36. The first-order valence-corrected chi connectivity index (χ1v) is 9.74. The van der Waals surface area contributed by atoms with E-state index < -0.39 is 0 Å². The van der Waals surface area contributed by atoms with Crippen molar-refractivity contribution in [1.82, 2.24) is 0 Å². The molecule has 0 spiro atoms. The topological polar surface area (TPSA) is 26.3 Å². The SMILES string of the molecule is CC1CCC(OC(=O)C2CCC(C3CC[CH-]CC3)CC2)CC1.[Rf]. The van der Waals surface area contributed by atoms with Crippen molar-refractivity contribution in [3.05, 3.63) is 6.42 Å². The van der Waals surface area contributed by atoms with Crippen molar-refractivity contribution in [3.63, 3.8) is 0 Å². The Hall–Kier alpha value is -1.53. The first-order valence-electron chi connectivity index (χ1n) is 9.74. The summed E-state index contributed by atoms with van der Waals surface area (Å²) in [4.78, 5) is 12.4. The molecule has 3 fully saturated rings. The van der Waals surface area contributed by atoms with Gasteiger partial charge in [-0.25, -0.2) is 0 Å². The van der Waals surface area contributed by atoms with Gasteiger partial charge in [-0.3, -0.25) is 4.79 Å². The van der Waals surface area contributed by atoms with Crippen LogP contribution in [0.2, 0.25) is 0 Å². The molecular formula is C20H33O2Rf-. The summed E-state index contributed by atoms with van der Waals surface area (Å²) < 4.78 is 5.82. The molecule has 0 heterocycles. The Labute approximate surface area is 136 Å². The third kappa shape index (κ3) is 4.72. The summed E-state index contributed by atoms with van der Waals surface area (Å²) in [6.07, 6.45) is 17.4. The third-order valence-electron chi connectivity index (χ3n) is 6.50. The van der Waals surface area contributed by atoms with E-state index in [1.165, 1.54) is 51.4 Å². The zero-order valence-electron chi connectivity index (χ0n) is 15.0. The van der Waals surface area contributed by atoms with Crippen LogP contribution in [0.5, 0.6) is 0 Å². The van der Waals surface area contributed by atoms with Crippen molar-refractivity contribution < 1.29 is 9.53 Å². The largest absolute Gasteiger partial charge is 0.462 e. The molecule has 0 bridgehead atoms. The van der Waals surface area contributed by atoms with Crippen molar-refractivity contribution in [1.29, 1.82) is 0 Å². The fourth-order valence-corrected chi connectivity index (χ4v) is 4.86. The average Bonchev–Trinajstić information content (AvgIpc) is 2.58. The molecule has 0 radical (unpaired) electrons. The molecule has 3 saturated carbocycles. The number of carbonyl (C=O) groups is 1. The van der Waals surface area contributed by atoms with Crippen LogP contribution in [0.15, 0.2) is 0 Å². The Morgan fingerprint density at radius 1 is 0.826 bits per heavy atom. The first kappa shape index (κ1) is 17.8. The van der Waals surface area contributed by atoms with Crippen LogP contribution in [0.3, 0.4) is 0 Å². The van der Waals surface area contributed by atoms with Gasteiger partial charge in [-0.05, 0) is 69.1 Å². The second-order valence-corrected chi connectivity index (χ2v) is 8.13. The summed E-state index contributed by atoms with van der Waals surface area (Å²) in [6, 6.07) is 0. The monoisotopic (exact) mass is 572 g/mol. The van der Waals surface area contributed by atoms with Gasteiger partial charge in [0.15, 0.2) is 0 Å². The Morgan fingerprint density at radius 3 is 2.00 bits per heavy atom. The molecule has 128 valence electrons. The zero-order valence-corrected chi connectivity index (χ0v) is 21.4. The molecule has 0 atom stereocenters. The minimum absolute atomic E-state index is 0. The van der Waals surface area contributed by atoms with Crippen LogP contribution in [0.4, 0.5) is 0 Å². The quantitative estimate of drug-likeness (QED) is 0.339. The van der Waals surface area contributed by atoms with E-state index in [1.807, 2.05) is 0 Å². The molecule has 0 aromatic carbocycles. The minimum atomic E-state index is 0. The van der Waals surface area contributed by atoms with E-state index in [2.05, 4.69) is 13.3 Å². The van der Waals surface area contributed by atoms with Crippen LogP contribution in [0.25, 0.3) is 0 Å². The van der Waals surface area contributed by atoms with Crippen molar-refractivity contribution in [2.24, 2.45) is 23.7 Å². The van der Waals surface area contributed by atoms with E-state index in [1.54, 1.807) is 0 Å². The van der Waals surface area contributed by atoms with Gasteiger partial charge in [0.2, 0.25) is 0 Å². The van der Waals surface area contributed by atoms with E-state index >= 15 is 0 Å². The maximum absolute atomic E-state index is 12.4. The van der Waals surface area contributed by atoms with E-state index in [0.717, 1.165) is 43.4 Å².